The summed E-state index contributed by atoms with van der Waals surface area (Å²) in [4.78, 5) is 0. The van der Waals surface area contributed by atoms with Crippen LogP contribution in [0.1, 0.15) is 142 Å². The summed E-state index contributed by atoms with van der Waals surface area (Å²) in [5.74, 6) is 0. The molecule has 214 valence electrons. The molecular weight excluding hydrogens is 494 g/mol. The Morgan fingerprint density at radius 1 is 0.359 bits per heavy atom. The fraction of sp³-hybridized carbons (Fsp3) is 0.667. The zero-order chi connectivity index (χ0) is 26.5. The molecule has 2 rings (SSSR count). The van der Waals surface area contributed by atoms with Crippen LogP contribution in [0.15, 0.2) is 60.7 Å². The summed E-state index contributed by atoms with van der Waals surface area (Å²) in [6, 6.07) is 20.8. The van der Waals surface area contributed by atoms with Gasteiger partial charge in [-0.05, 0) is 24.0 Å². The Labute approximate surface area is 288 Å². The van der Waals surface area contributed by atoms with Gasteiger partial charge < -0.3 is 4.74 Å². The van der Waals surface area contributed by atoms with Crippen molar-refractivity contribution in [3.8, 4) is 11.1 Å². The van der Waals surface area contributed by atoms with Crippen LogP contribution >= 0.6 is 0 Å². The SMILES string of the molecule is CCCCCCCCCCCCOCCCCCCCCCCCC.[NaH].[NaH].c1ccc(-c2ccccc2)cc1. The maximum Gasteiger partial charge on any atom is -0.0184 e. The summed E-state index contributed by atoms with van der Waals surface area (Å²) in [7, 11) is 0. The second-order valence-electron chi connectivity index (χ2n) is 10.7. The number of benzene rings is 2. The average molecular weight is 557 g/mol. The van der Waals surface area contributed by atoms with Crippen LogP contribution in [-0.4, -0.2) is 72.3 Å². The number of unbranched alkanes of at least 4 members (excludes halogenated alkanes) is 18. The molecule has 0 aliphatic heterocycles. The van der Waals surface area contributed by atoms with E-state index in [1.807, 2.05) is 12.1 Å². The normalized spacial score (nSPS) is 10.2. The van der Waals surface area contributed by atoms with Gasteiger partial charge in [0.2, 0.25) is 0 Å². The van der Waals surface area contributed by atoms with Crippen LogP contribution in [0.25, 0.3) is 11.1 Å². The predicted molar refractivity (Wildman–Crippen MR) is 181 cm³/mol. The van der Waals surface area contributed by atoms with E-state index < -0.39 is 0 Å². The molecule has 3 heteroatoms. The molecule has 39 heavy (non-hydrogen) atoms. The topological polar surface area (TPSA) is 9.23 Å². The Hall–Kier alpha value is 0.400. The molecule has 0 amide bonds. The first-order valence-corrected chi connectivity index (χ1v) is 16.1. The van der Waals surface area contributed by atoms with E-state index in [4.69, 9.17) is 4.74 Å². The van der Waals surface area contributed by atoms with Crippen molar-refractivity contribution in [3.05, 3.63) is 60.7 Å². The van der Waals surface area contributed by atoms with Gasteiger partial charge >= 0.3 is 59.1 Å². The van der Waals surface area contributed by atoms with Crippen LogP contribution in [-0.2, 0) is 4.74 Å². The number of rotatable bonds is 23. The predicted octanol–water partition coefficient (Wildman–Crippen LogP) is 10.9. The third-order valence-corrected chi connectivity index (χ3v) is 7.17. The van der Waals surface area contributed by atoms with E-state index in [2.05, 4.69) is 62.4 Å². The Balaban J connectivity index is 0. The molecule has 0 aliphatic carbocycles. The summed E-state index contributed by atoms with van der Waals surface area (Å²) < 4.78 is 5.78. The van der Waals surface area contributed by atoms with Crippen molar-refractivity contribution in [1.29, 1.82) is 0 Å². The second-order valence-corrected chi connectivity index (χ2v) is 10.7. The first-order valence-electron chi connectivity index (χ1n) is 16.1. The van der Waals surface area contributed by atoms with Crippen LogP contribution in [0.4, 0.5) is 0 Å². The van der Waals surface area contributed by atoms with E-state index in [-0.39, 0.29) is 59.1 Å². The number of hydrogen-bond acceptors (Lipinski definition) is 1. The van der Waals surface area contributed by atoms with E-state index in [0.717, 1.165) is 13.2 Å². The van der Waals surface area contributed by atoms with Gasteiger partial charge in [0.1, 0.15) is 0 Å². The van der Waals surface area contributed by atoms with E-state index in [9.17, 15) is 0 Å². The first-order chi connectivity index (χ1) is 18.4. The van der Waals surface area contributed by atoms with Gasteiger partial charge in [-0.1, -0.05) is 190 Å². The summed E-state index contributed by atoms with van der Waals surface area (Å²) in [5, 5.41) is 0. The van der Waals surface area contributed by atoms with Crippen molar-refractivity contribution in [2.45, 2.75) is 142 Å². The van der Waals surface area contributed by atoms with Gasteiger partial charge in [0.15, 0.2) is 0 Å². The molecule has 0 unspecified atom stereocenters. The van der Waals surface area contributed by atoms with Crippen molar-refractivity contribution in [1.82, 2.24) is 0 Å². The third-order valence-electron chi connectivity index (χ3n) is 7.17. The van der Waals surface area contributed by atoms with Gasteiger partial charge in [0.05, 0.1) is 0 Å². The van der Waals surface area contributed by atoms with Crippen molar-refractivity contribution < 1.29 is 4.74 Å². The number of ether oxygens (including phenoxy) is 1. The minimum absolute atomic E-state index is 0. The van der Waals surface area contributed by atoms with Gasteiger partial charge in [-0.3, -0.25) is 0 Å². The van der Waals surface area contributed by atoms with Crippen LogP contribution < -0.4 is 0 Å². The van der Waals surface area contributed by atoms with E-state index in [1.165, 1.54) is 140 Å². The Bertz CT molecular complexity index is 617. The molecule has 0 radical (unpaired) electrons. The molecule has 0 saturated carbocycles. The van der Waals surface area contributed by atoms with E-state index in [1.54, 1.807) is 0 Å². The van der Waals surface area contributed by atoms with E-state index >= 15 is 0 Å². The smallest absolute Gasteiger partial charge is 0.0184 e. The van der Waals surface area contributed by atoms with Crippen LogP contribution in [0, 0.1) is 0 Å². The van der Waals surface area contributed by atoms with Crippen LogP contribution in [0.2, 0.25) is 0 Å². The van der Waals surface area contributed by atoms with Gasteiger partial charge in [-0.2, -0.15) is 0 Å². The molecule has 2 aromatic carbocycles. The zero-order valence-electron chi connectivity index (χ0n) is 24.7. The molecule has 2 aromatic rings. The average Bonchev–Trinajstić information content (AvgIpc) is 2.95. The van der Waals surface area contributed by atoms with Crippen molar-refractivity contribution in [2.24, 2.45) is 0 Å². The molecule has 0 aliphatic rings. The molecule has 0 aromatic heterocycles. The van der Waals surface area contributed by atoms with Gasteiger partial charge in [-0.25, -0.2) is 0 Å². The quantitative estimate of drug-likeness (QED) is 0.0977. The van der Waals surface area contributed by atoms with E-state index in [0.29, 0.717) is 0 Å². The monoisotopic (exact) mass is 556 g/mol. The molecular formula is C36H62Na2O. The molecule has 0 atom stereocenters. The largest absolute Gasteiger partial charge is 0.0622 e. The zero-order valence-corrected chi connectivity index (χ0v) is 24.7. The van der Waals surface area contributed by atoms with Crippen LogP contribution in [0.5, 0.6) is 0 Å². The van der Waals surface area contributed by atoms with Gasteiger partial charge in [-0.15, -0.1) is 0 Å². The fourth-order valence-electron chi connectivity index (χ4n) is 4.75. The molecule has 0 bridgehead atoms. The Morgan fingerprint density at radius 2 is 0.615 bits per heavy atom. The standard InChI is InChI=1S/C24H50O.C12H10.2Na.2H/c1-3-5-7-9-11-13-15-17-19-21-23-25-24-22-20-18-16-14-12-10-8-6-4-2;1-3-7-11(8-4-1)12-9-5-2-6-10-12;;;;/h3-24H2,1-2H3;1-10H;;;;. The van der Waals surface area contributed by atoms with Crippen molar-refractivity contribution in [2.75, 3.05) is 13.2 Å². The minimum atomic E-state index is 0. The first kappa shape index (κ1) is 41.5. The summed E-state index contributed by atoms with van der Waals surface area (Å²) in [6.45, 7) is 6.57. The molecule has 0 N–H and O–H groups in total. The summed E-state index contributed by atoms with van der Waals surface area (Å²) in [6.07, 6.45) is 28.2. The number of hydrogen-bond donors (Lipinski definition) is 0. The second kappa shape index (κ2) is 34.6. The summed E-state index contributed by atoms with van der Waals surface area (Å²) >= 11 is 0. The van der Waals surface area contributed by atoms with Gasteiger partial charge in [0, 0.05) is 13.2 Å². The molecule has 0 saturated heterocycles. The van der Waals surface area contributed by atoms with Crippen molar-refractivity contribution >= 4 is 59.1 Å². The molecule has 1 nitrogen and oxygen atoms in total. The maximum absolute atomic E-state index is 5.78. The fourth-order valence-corrected chi connectivity index (χ4v) is 4.75. The molecule has 0 spiro atoms. The minimum Gasteiger partial charge on any atom is -0.0622 e. The van der Waals surface area contributed by atoms with Crippen molar-refractivity contribution in [3.63, 3.8) is 0 Å². The molecule has 0 heterocycles. The summed E-state index contributed by atoms with van der Waals surface area (Å²) in [5.41, 5.74) is 2.55. The van der Waals surface area contributed by atoms with Gasteiger partial charge in [0.25, 0.3) is 0 Å². The molecule has 0 fully saturated rings. The Morgan fingerprint density at radius 3 is 0.897 bits per heavy atom. The Kier molecular flexibility index (Phi) is 36.8. The third kappa shape index (κ3) is 28.3. The van der Waals surface area contributed by atoms with Crippen LogP contribution in [0.3, 0.4) is 0 Å². The maximum atomic E-state index is 5.78.